The van der Waals surface area contributed by atoms with Gasteiger partial charge in [0.1, 0.15) is 5.75 Å². The second kappa shape index (κ2) is 8.93. The van der Waals surface area contributed by atoms with Crippen LogP contribution in [0.4, 0.5) is 5.69 Å². The van der Waals surface area contributed by atoms with Crippen LogP contribution < -0.4 is 15.4 Å². The Kier molecular flexibility index (Phi) is 6.63. The monoisotopic (exact) mass is 346 g/mol. The molecule has 24 heavy (non-hydrogen) atoms. The van der Waals surface area contributed by atoms with Crippen LogP contribution in [0, 0.1) is 0 Å². The van der Waals surface area contributed by atoms with E-state index in [9.17, 15) is 9.59 Å². The number of carbonyl (C=O) groups is 2. The van der Waals surface area contributed by atoms with Crippen molar-refractivity contribution >= 4 is 29.1 Å². The minimum Gasteiger partial charge on any atom is -0.482 e. The lowest BCUT2D eigenvalue weighted by atomic mass is 10.1. The summed E-state index contributed by atoms with van der Waals surface area (Å²) in [7, 11) is 0. The number of nitrogens with one attached hydrogen (secondary N) is 2. The fourth-order valence-corrected chi connectivity index (χ4v) is 2.20. The number of hydrogen-bond donors (Lipinski definition) is 2. The molecule has 0 saturated carbocycles. The van der Waals surface area contributed by atoms with E-state index in [4.69, 9.17) is 16.3 Å². The number of halogens is 1. The van der Waals surface area contributed by atoms with Crippen LogP contribution in [0.3, 0.4) is 0 Å². The molecule has 2 N–H and O–H groups in total. The second-order valence-electron chi connectivity index (χ2n) is 5.19. The average Bonchev–Trinajstić information content (AvgIpc) is 2.55. The molecule has 0 bridgehead atoms. The van der Waals surface area contributed by atoms with Crippen molar-refractivity contribution in [2.24, 2.45) is 0 Å². The second-order valence-corrected chi connectivity index (χ2v) is 5.63. The number of benzene rings is 2. The molecule has 5 nitrogen and oxygen atoms in total. The van der Waals surface area contributed by atoms with Gasteiger partial charge < -0.3 is 15.4 Å². The molecule has 6 heteroatoms. The summed E-state index contributed by atoms with van der Waals surface area (Å²) in [6.45, 7) is 1.81. The van der Waals surface area contributed by atoms with Crippen molar-refractivity contribution in [3.8, 4) is 5.75 Å². The molecule has 0 aliphatic carbocycles. The summed E-state index contributed by atoms with van der Waals surface area (Å²) in [6.07, 6.45) is 0.714. The lowest BCUT2D eigenvalue weighted by molar-refractivity contribution is -0.123. The van der Waals surface area contributed by atoms with Crippen molar-refractivity contribution in [3.63, 3.8) is 0 Å². The van der Waals surface area contributed by atoms with E-state index in [0.717, 1.165) is 5.56 Å². The van der Waals surface area contributed by atoms with Gasteiger partial charge in [0, 0.05) is 18.5 Å². The van der Waals surface area contributed by atoms with Crippen LogP contribution in [0.2, 0.25) is 5.02 Å². The standard InChI is InChI=1S/C18H19ClN2O3/c1-13(22)21-16-4-2-3-5-17(16)24-12-18(23)20-11-10-14-6-8-15(19)9-7-14/h2-9H,10-12H2,1H3,(H,20,23)(H,21,22). The van der Waals surface area contributed by atoms with Gasteiger partial charge in [0.05, 0.1) is 5.69 Å². The molecule has 0 spiro atoms. The molecule has 2 aromatic rings. The van der Waals surface area contributed by atoms with Crippen LogP contribution >= 0.6 is 11.6 Å². The fraction of sp³-hybridized carbons (Fsp3) is 0.222. The molecule has 0 aliphatic rings. The molecule has 0 radical (unpaired) electrons. The first-order chi connectivity index (χ1) is 11.5. The Bertz CT molecular complexity index is 702. The Labute approximate surface area is 146 Å². The smallest absolute Gasteiger partial charge is 0.257 e. The summed E-state index contributed by atoms with van der Waals surface area (Å²) >= 11 is 5.83. The summed E-state index contributed by atoms with van der Waals surface area (Å²) in [5.74, 6) is 0.0422. The Hall–Kier alpha value is -2.53. The van der Waals surface area contributed by atoms with E-state index in [-0.39, 0.29) is 18.4 Å². The molecule has 126 valence electrons. The van der Waals surface area contributed by atoms with Crippen LogP contribution in [-0.2, 0) is 16.0 Å². The molecule has 0 unspecified atom stereocenters. The van der Waals surface area contributed by atoms with Crippen LogP contribution in [0.1, 0.15) is 12.5 Å². The highest BCUT2D eigenvalue weighted by molar-refractivity contribution is 6.30. The van der Waals surface area contributed by atoms with Gasteiger partial charge in [-0.3, -0.25) is 9.59 Å². The molecular formula is C18H19ClN2O3. The molecule has 0 heterocycles. The molecule has 0 fully saturated rings. The Morgan fingerprint density at radius 3 is 2.50 bits per heavy atom. The van der Waals surface area contributed by atoms with E-state index in [1.165, 1.54) is 6.92 Å². The number of rotatable bonds is 7. The maximum atomic E-state index is 11.8. The van der Waals surface area contributed by atoms with E-state index >= 15 is 0 Å². The van der Waals surface area contributed by atoms with Gasteiger partial charge in [0.2, 0.25) is 5.91 Å². The molecular weight excluding hydrogens is 328 g/mol. The summed E-state index contributed by atoms with van der Waals surface area (Å²) in [4.78, 5) is 23.0. The van der Waals surface area contributed by atoms with E-state index in [2.05, 4.69) is 10.6 Å². The molecule has 0 aromatic heterocycles. The number of amides is 2. The van der Waals surface area contributed by atoms with Gasteiger partial charge in [-0.05, 0) is 36.2 Å². The molecule has 0 saturated heterocycles. The number of anilines is 1. The first kappa shape index (κ1) is 17.8. The number of hydrogen-bond acceptors (Lipinski definition) is 3. The molecule has 0 atom stereocenters. The normalized spacial score (nSPS) is 10.1. The van der Waals surface area contributed by atoms with Gasteiger partial charge in [0.15, 0.2) is 6.61 Å². The molecule has 2 amide bonds. The van der Waals surface area contributed by atoms with Crippen LogP contribution in [-0.4, -0.2) is 25.0 Å². The maximum Gasteiger partial charge on any atom is 0.257 e. The Balaban J connectivity index is 1.77. The minimum atomic E-state index is -0.221. The van der Waals surface area contributed by atoms with Gasteiger partial charge in [-0.1, -0.05) is 35.9 Å². The number of para-hydroxylation sites is 2. The first-order valence-corrected chi connectivity index (χ1v) is 7.93. The first-order valence-electron chi connectivity index (χ1n) is 7.55. The maximum absolute atomic E-state index is 11.8. The van der Waals surface area contributed by atoms with Crippen LogP contribution in [0.5, 0.6) is 5.75 Å². The zero-order valence-electron chi connectivity index (χ0n) is 13.3. The van der Waals surface area contributed by atoms with Gasteiger partial charge in [-0.2, -0.15) is 0 Å². The van der Waals surface area contributed by atoms with Gasteiger partial charge in [-0.25, -0.2) is 0 Å². The van der Waals surface area contributed by atoms with Gasteiger partial charge >= 0.3 is 0 Å². The van der Waals surface area contributed by atoms with Crippen LogP contribution in [0.25, 0.3) is 0 Å². The van der Waals surface area contributed by atoms with Crippen molar-refractivity contribution in [3.05, 3.63) is 59.1 Å². The lowest BCUT2D eigenvalue weighted by Crippen LogP contribution is -2.30. The van der Waals surface area contributed by atoms with E-state index < -0.39 is 0 Å². The van der Waals surface area contributed by atoms with Gasteiger partial charge in [-0.15, -0.1) is 0 Å². The average molecular weight is 347 g/mol. The van der Waals surface area contributed by atoms with E-state index in [1.807, 2.05) is 24.3 Å². The Morgan fingerprint density at radius 1 is 1.08 bits per heavy atom. The molecule has 0 aliphatic heterocycles. The quantitative estimate of drug-likeness (QED) is 0.809. The summed E-state index contributed by atoms with van der Waals surface area (Å²) < 4.78 is 5.47. The van der Waals surface area contributed by atoms with Crippen LogP contribution in [0.15, 0.2) is 48.5 Å². The SMILES string of the molecule is CC(=O)Nc1ccccc1OCC(=O)NCCc1ccc(Cl)cc1. The third-order valence-electron chi connectivity index (χ3n) is 3.21. The number of ether oxygens (including phenoxy) is 1. The summed E-state index contributed by atoms with van der Waals surface area (Å²) in [5, 5.41) is 6.14. The Morgan fingerprint density at radius 2 is 1.79 bits per heavy atom. The highest BCUT2D eigenvalue weighted by Gasteiger charge is 2.07. The summed E-state index contributed by atoms with van der Waals surface area (Å²) in [5.41, 5.74) is 1.63. The zero-order chi connectivity index (χ0) is 17.4. The van der Waals surface area contributed by atoms with Crippen molar-refractivity contribution in [1.29, 1.82) is 0 Å². The fourth-order valence-electron chi connectivity index (χ4n) is 2.08. The number of carbonyl (C=O) groups excluding carboxylic acids is 2. The van der Waals surface area contributed by atoms with Crippen molar-refractivity contribution < 1.29 is 14.3 Å². The topological polar surface area (TPSA) is 67.4 Å². The highest BCUT2D eigenvalue weighted by atomic mass is 35.5. The minimum absolute atomic E-state index is 0.114. The predicted octanol–water partition coefficient (Wildman–Crippen LogP) is 3.04. The largest absolute Gasteiger partial charge is 0.482 e. The zero-order valence-corrected chi connectivity index (χ0v) is 14.1. The third kappa shape index (κ3) is 5.93. The lowest BCUT2D eigenvalue weighted by Gasteiger charge is -2.11. The molecule has 2 rings (SSSR count). The van der Waals surface area contributed by atoms with E-state index in [0.29, 0.717) is 29.4 Å². The molecule has 2 aromatic carbocycles. The van der Waals surface area contributed by atoms with Crippen molar-refractivity contribution in [1.82, 2.24) is 5.32 Å². The van der Waals surface area contributed by atoms with E-state index in [1.54, 1.807) is 24.3 Å². The predicted molar refractivity (Wildman–Crippen MR) is 94.4 cm³/mol. The third-order valence-corrected chi connectivity index (χ3v) is 3.46. The van der Waals surface area contributed by atoms with Gasteiger partial charge in [0.25, 0.3) is 5.91 Å². The highest BCUT2D eigenvalue weighted by Crippen LogP contribution is 2.23. The van der Waals surface area contributed by atoms with Crippen molar-refractivity contribution in [2.45, 2.75) is 13.3 Å². The van der Waals surface area contributed by atoms with Crippen molar-refractivity contribution in [2.75, 3.05) is 18.5 Å². The summed E-state index contributed by atoms with van der Waals surface area (Å²) in [6, 6.07) is 14.5.